The molecule has 0 aliphatic rings. The van der Waals surface area contributed by atoms with Gasteiger partial charge in [0.05, 0.1) is 17.4 Å². The summed E-state index contributed by atoms with van der Waals surface area (Å²) in [7, 11) is 0. The quantitative estimate of drug-likeness (QED) is 0.617. The summed E-state index contributed by atoms with van der Waals surface area (Å²) in [5.74, 6) is 4.36. The monoisotopic (exact) mass is 380 g/mol. The third-order valence-corrected chi connectivity index (χ3v) is 4.32. The lowest BCUT2D eigenvalue weighted by molar-refractivity contribution is -0.264. The minimum absolute atomic E-state index is 0.237. The van der Waals surface area contributed by atoms with Crippen LogP contribution in [0.1, 0.15) is 37.8 Å². The third-order valence-electron chi connectivity index (χ3n) is 4.32. The summed E-state index contributed by atoms with van der Waals surface area (Å²) in [6.07, 6.45) is -3.66. The number of nitrogens with two attached hydrogens (primary N) is 1. The van der Waals surface area contributed by atoms with E-state index >= 15 is 0 Å². The summed E-state index contributed by atoms with van der Waals surface area (Å²) >= 11 is 0. The van der Waals surface area contributed by atoms with Crippen LogP contribution in [0, 0.1) is 17.7 Å². The van der Waals surface area contributed by atoms with Gasteiger partial charge in [-0.2, -0.15) is 13.2 Å². The van der Waals surface area contributed by atoms with E-state index in [2.05, 4.69) is 16.8 Å². The number of anilines is 1. The minimum atomic E-state index is -4.91. The molecule has 3 nitrogen and oxygen atoms in total. The van der Waals surface area contributed by atoms with E-state index in [1.807, 2.05) is 0 Å². The van der Waals surface area contributed by atoms with E-state index in [1.165, 1.54) is 56.6 Å². The van der Waals surface area contributed by atoms with Gasteiger partial charge in [-0.3, -0.25) is 4.98 Å². The van der Waals surface area contributed by atoms with Gasteiger partial charge in [-0.25, -0.2) is 4.39 Å². The summed E-state index contributed by atoms with van der Waals surface area (Å²) in [5.41, 5.74) is 2.40. The molecule has 1 heterocycles. The Balaban J connectivity index is 2.30. The normalized spacial score (nSPS) is 14.2. The summed E-state index contributed by atoms with van der Waals surface area (Å²) in [6.45, 7) is 3.04. The molecule has 27 heavy (non-hydrogen) atoms. The molecular weight excluding hydrogens is 360 g/mol. The van der Waals surface area contributed by atoms with E-state index < -0.39 is 35.9 Å². The highest BCUT2D eigenvalue weighted by Gasteiger charge is 2.55. The molecule has 1 aromatic heterocycles. The number of aromatic nitrogens is 1. The van der Waals surface area contributed by atoms with Gasteiger partial charge >= 0.3 is 6.18 Å². The number of hydrogen-bond donors (Lipinski definition) is 2. The Labute approximate surface area is 155 Å². The van der Waals surface area contributed by atoms with Gasteiger partial charge < -0.3 is 10.8 Å². The first kappa shape index (κ1) is 20.7. The smallest absolute Gasteiger partial charge is 0.396 e. The average Bonchev–Trinajstić information content (AvgIpc) is 2.55. The molecule has 1 aromatic carbocycles. The van der Waals surface area contributed by atoms with Crippen LogP contribution in [0.15, 0.2) is 42.7 Å². The first-order valence-electron chi connectivity index (χ1n) is 8.18. The lowest BCUT2D eigenvalue weighted by Gasteiger charge is -2.37. The maximum Gasteiger partial charge on any atom is 0.418 e. The second-order valence-electron chi connectivity index (χ2n) is 7.04. The molecule has 1 unspecified atom stereocenters. The summed E-state index contributed by atoms with van der Waals surface area (Å²) in [5, 5.41) is 10.4. The SMILES string of the molecule is CC(C)(CC(O)(CC#Cc1ccncc1N)C(F)(F)F)c1cccc(F)c1. The van der Waals surface area contributed by atoms with Crippen molar-refractivity contribution >= 4 is 5.69 Å². The highest BCUT2D eigenvalue weighted by molar-refractivity contribution is 5.53. The van der Waals surface area contributed by atoms with E-state index in [-0.39, 0.29) is 5.69 Å². The maximum absolute atomic E-state index is 13.6. The molecule has 0 saturated carbocycles. The first-order chi connectivity index (χ1) is 12.4. The minimum Gasteiger partial charge on any atom is -0.396 e. The van der Waals surface area contributed by atoms with Gasteiger partial charge in [0.2, 0.25) is 0 Å². The molecule has 144 valence electrons. The topological polar surface area (TPSA) is 59.1 Å². The van der Waals surface area contributed by atoms with Crippen LogP contribution in [0.2, 0.25) is 0 Å². The predicted octanol–water partition coefficient (Wildman–Crippen LogP) is 4.21. The van der Waals surface area contributed by atoms with Gasteiger partial charge in [0.25, 0.3) is 0 Å². The first-order valence-corrected chi connectivity index (χ1v) is 8.18. The maximum atomic E-state index is 13.6. The van der Waals surface area contributed by atoms with Gasteiger partial charge in [-0.1, -0.05) is 37.8 Å². The largest absolute Gasteiger partial charge is 0.418 e. The molecule has 0 saturated heterocycles. The molecule has 1 atom stereocenters. The zero-order valence-electron chi connectivity index (χ0n) is 14.9. The molecule has 2 rings (SSSR count). The standard InChI is InChI=1S/C20H20F4N2O/c1-18(2,15-6-3-7-16(21)11-15)13-19(27,20(22,23)24)9-4-5-14-8-10-26-12-17(14)25/h3,6-8,10-12,27H,9,13,25H2,1-2H3. The van der Waals surface area contributed by atoms with Crippen LogP contribution >= 0.6 is 0 Å². The Kier molecular flexibility index (Phi) is 5.81. The summed E-state index contributed by atoms with van der Waals surface area (Å²) < 4.78 is 54.3. The number of hydrogen-bond acceptors (Lipinski definition) is 3. The van der Waals surface area contributed by atoms with Crippen molar-refractivity contribution in [3.8, 4) is 11.8 Å². The second-order valence-corrected chi connectivity index (χ2v) is 7.04. The predicted molar refractivity (Wildman–Crippen MR) is 95.2 cm³/mol. The number of aliphatic hydroxyl groups is 1. The fraction of sp³-hybridized carbons (Fsp3) is 0.350. The Morgan fingerprint density at radius 1 is 1.19 bits per heavy atom. The number of pyridine rings is 1. The summed E-state index contributed by atoms with van der Waals surface area (Å²) in [4.78, 5) is 3.78. The van der Waals surface area contributed by atoms with Crippen molar-refractivity contribution in [3.05, 3.63) is 59.7 Å². The van der Waals surface area contributed by atoms with Gasteiger partial charge in [-0.15, -0.1) is 0 Å². The van der Waals surface area contributed by atoms with Crippen molar-refractivity contribution in [2.75, 3.05) is 5.73 Å². The van der Waals surface area contributed by atoms with Crippen molar-refractivity contribution in [1.82, 2.24) is 4.98 Å². The van der Waals surface area contributed by atoms with Gasteiger partial charge in [-0.05, 0) is 35.6 Å². The number of rotatable bonds is 4. The van der Waals surface area contributed by atoms with E-state index in [4.69, 9.17) is 5.73 Å². The van der Waals surface area contributed by atoms with Crippen molar-refractivity contribution in [1.29, 1.82) is 0 Å². The van der Waals surface area contributed by atoms with E-state index in [9.17, 15) is 22.7 Å². The van der Waals surface area contributed by atoms with Crippen molar-refractivity contribution in [2.24, 2.45) is 0 Å². The lowest BCUT2D eigenvalue weighted by Crippen LogP contribution is -2.48. The van der Waals surface area contributed by atoms with Crippen molar-refractivity contribution in [2.45, 2.75) is 43.9 Å². The zero-order valence-corrected chi connectivity index (χ0v) is 14.9. The van der Waals surface area contributed by atoms with Crippen LogP contribution in [0.5, 0.6) is 0 Å². The van der Waals surface area contributed by atoms with Gasteiger partial charge in [0, 0.05) is 12.6 Å². The van der Waals surface area contributed by atoms with E-state index in [1.54, 1.807) is 0 Å². The Hall–Kier alpha value is -2.59. The number of nitrogen functional groups attached to an aromatic ring is 1. The van der Waals surface area contributed by atoms with Crippen LogP contribution < -0.4 is 5.73 Å². The highest BCUT2D eigenvalue weighted by Crippen LogP contribution is 2.43. The number of halogens is 4. The molecule has 0 spiro atoms. The van der Waals surface area contributed by atoms with Crippen LogP contribution in [-0.4, -0.2) is 21.9 Å². The van der Waals surface area contributed by atoms with Gasteiger partial charge in [0.1, 0.15) is 5.82 Å². The molecule has 2 aromatic rings. The van der Waals surface area contributed by atoms with Gasteiger partial charge in [0.15, 0.2) is 5.60 Å². The average molecular weight is 380 g/mol. The lowest BCUT2D eigenvalue weighted by atomic mass is 9.74. The van der Waals surface area contributed by atoms with E-state index in [0.717, 1.165) is 0 Å². The molecule has 3 N–H and O–H groups in total. The fourth-order valence-electron chi connectivity index (χ4n) is 2.81. The van der Waals surface area contributed by atoms with Crippen molar-refractivity contribution < 1.29 is 22.7 Å². The number of nitrogens with zero attached hydrogens (tertiary/aromatic N) is 1. The molecule has 0 aliphatic carbocycles. The molecule has 0 bridgehead atoms. The van der Waals surface area contributed by atoms with Crippen LogP contribution in [0.3, 0.4) is 0 Å². The molecular formula is C20H20F4N2O. The van der Waals surface area contributed by atoms with Crippen LogP contribution in [-0.2, 0) is 5.41 Å². The number of benzene rings is 1. The zero-order chi connectivity index (χ0) is 20.3. The Bertz CT molecular complexity index is 868. The molecule has 7 heteroatoms. The molecule has 0 aliphatic heterocycles. The van der Waals surface area contributed by atoms with Crippen LogP contribution in [0.25, 0.3) is 0 Å². The fourth-order valence-corrected chi connectivity index (χ4v) is 2.81. The number of alkyl halides is 3. The van der Waals surface area contributed by atoms with Crippen LogP contribution in [0.4, 0.5) is 23.2 Å². The Morgan fingerprint density at radius 2 is 1.89 bits per heavy atom. The molecule has 0 fully saturated rings. The summed E-state index contributed by atoms with van der Waals surface area (Å²) in [6, 6.07) is 6.81. The van der Waals surface area contributed by atoms with E-state index in [0.29, 0.717) is 11.1 Å². The third kappa shape index (κ3) is 4.98. The second kappa shape index (κ2) is 7.57. The Morgan fingerprint density at radius 3 is 2.48 bits per heavy atom. The molecule has 0 radical (unpaired) electrons. The highest BCUT2D eigenvalue weighted by atomic mass is 19.4. The molecule has 0 amide bonds. The van der Waals surface area contributed by atoms with Crippen molar-refractivity contribution in [3.63, 3.8) is 0 Å².